The van der Waals surface area contributed by atoms with E-state index in [0.717, 1.165) is 0 Å². The first-order valence-electron chi connectivity index (χ1n) is 4.30. The number of pyridine rings is 1. The van der Waals surface area contributed by atoms with Crippen molar-refractivity contribution in [2.45, 2.75) is 25.1 Å². The monoisotopic (exact) mass is 274 g/mol. The van der Waals surface area contributed by atoms with Gasteiger partial charge in [-0.05, 0) is 18.6 Å². The van der Waals surface area contributed by atoms with Crippen molar-refractivity contribution >= 4 is 15.9 Å². The Bertz CT molecular complexity index is 399. The summed E-state index contributed by atoms with van der Waals surface area (Å²) in [5.41, 5.74) is 1.44. The standard InChI is InChI=1S/C10H9BrF2N2/c1-6-8(10(12)13)4-7(2-3-14)9(5-11)15-6/h4,10H,2,5H2,1H3. The van der Waals surface area contributed by atoms with Gasteiger partial charge in [0.1, 0.15) is 0 Å². The number of nitriles is 1. The van der Waals surface area contributed by atoms with Crippen LogP contribution >= 0.6 is 15.9 Å². The second-order valence-electron chi connectivity index (χ2n) is 3.04. The SMILES string of the molecule is Cc1nc(CBr)c(CC#N)cc1C(F)F. The first-order valence-corrected chi connectivity index (χ1v) is 5.42. The quantitative estimate of drug-likeness (QED) is 0.794. The highest BCUT2D eigenvalue weighted by Gasteiger charge is 2.15. The predicted molar refractivity (Wildman–Crippen MR) is 55.9 cm³/mol. The summed E-state index contributed by atoms with van der Waals surface area (Å²) in [6, 6.07) is 3.31. The van der Waals surface area contributed by atoms with Crippen LogP contribution in [0.15, 0.2) is 6.07 Å². The molecule has 2 nitrogen and oxygen atoms in total. The Hall–Kier alpha value is -1.02. The average Bonchev–Trinajstić information content (AvgIpc) is 2.20. The van der Waals surface area contributed by atoms with Gasteiger partial charge >= 0.3 is 0 Å². The van der Waals surface area contributed by atoms with E-state index in [1.165, 1.54) is 6.07 Å². The molecule has 1 aromatic rings. The maximum absolute atomic E-state index is 12.5. The Balaban J connectivity index is 3.25. The van der Waals surface area contributed by atoms with Crippen molar-refractivity contribution in [2.75, 3.05) is 0 Å². The summed E-state index contributed by atoms with van der Waals surface area (Å²) in [6.45, 7) is 1.55. The first-order chi connectivity index (χ1) is 7.10. The molecule has 0 aliphatic carbocycles. The van der Waals surface area contributed by atoms with E-state index >= 15 is 0 Å². The van der Waals surface area contributed by atoms with Crippen molar-refractivity contribution in [1.29, 1.82) is 5.26 Å². The van der Waals surface area contributed by atoms with Crippen LogP contribution in [-0.2, 0) is 11.8 Å². The molecule has 0 fully saturated rings. The largest absolute Gasteiger partial charge is 0.265 e. The number of alkyl halides is 3. The molecule has 0 radical (unpaired) electrons. The number of hydrogen-bond acceptors (Lipinski definition) is 2. The van der Waals surface area contributed by atoms with E-state index in [2.05, 4.69) is 20.9 Å². The van der Waals surface area contributed by atoms with E-state index in [0.29, 0.717) is 22.3 Å². The van der Waals surface area contributed by atoms with Crippen molar-refractivity contribution in [1.82, 2.24) is 4.98 Å². The number of nitrogens with zero attached hydrogens (tertiary/aromatic N) is 2. The molecule has 0 unspecified atom stereocenters. The minimum absolute atomic E-state index is 0.0926. The maximum Gasteiger partial charge on any atom is 0.265 e. The van der Waals surface area contributed by atoms with Gasteiger partial charge in [-0.25, -0.2) is 8.78 Å². The molecule has 1 heterocycles. The normalized spacial score (nSPS) is 10.4. The van der Waals surface area contributed by atoms with Crippen LogP contribution in [0.4, 0.5) is 8.78 Å². The highest BCUT2D eigenvalue weighted by atomic mass is 79.9. The molecule has 0 N–H and O–H groups in total. The molecule has 80 valence electrons. The van der Waals surface area contributed by atoms with Crippen LogP contribution in [0, 0.1) is 18.3 Å². The van der Waals surface area contributed by atoms with Gasteiger partial charge in [0.05, 0.1) is 18.2 Å². The summed E-state index contributed by atoms with van der Waals surface area (Å²) < 4.78 is 25.1. The summed E-state index contributed by atoms with van der Waals surface area (Å²) in [7, 11) is 0. The molecule has 0 saturated heterocycles. The molecule has 0 saturated carbocycles. The summed E-state index contributed by atoms with van der Waals surface area (Å²) in [5.74, 6) is 0. The molecule has 1 aromatic heterocycles. The lowest BCUT2D eigenvalue weighted by Crippen LogP contribution is -2.02. The third-order valence-electron chi connectivity index (χ3n) is 2.05. The van der Waals surface area contributed by atoms with Crippen LogP contribution < -0.4 is 0 Å². The lowest BCUT2D eigenvalue weighted by Gasteiger charge is -2.09. The van der Waals surface area contributed by atoms with Crippen LogP contribution in [0.2, 0.25) is 0 Å². The third kappa shape index (κ3) is 2.72. The molecular formula is C10H9BrF2N2. The zero-order chi connectivity index (χ0) is 11.4. The van der Waals surface area contributed by atoms with Crippen LogP contribution in [-0.4, -0.2) is 4.98 Å². The highest BCUT2D eigenvalue weighted by molar-refractivity contribution is 9.08. The Morgan fingerprint density at radius 3 is 2.73 bits per heavy atom. The van der Waals surface area contributed by atoms with Gasteiger partial charge < -0.3 is 0 Å². The molecule has 0 bridgehead atoms. The van der Waals surface area contributed by atoms with Gasteiger partial charge in [-0.1, -0.05) is 15.9 Å². The van der Waals surface area contributed by atoms with Gasteiger partial charge in [-0.3, -0.25) is 4.98 Å². The summed E-state index contributed by atoms with van der Waals surface area (Å²) in [6.07, 6.45) is -2.44. The van der Waals surface area contributed by atoms with E-state index in [4.69, 9.17) is 5.26 Å². The average molecular weight is 275 g/mol. The van der Waals surface area contributed by atoms with Gasteiger partial charge in [0.25, 0.3) is 6.43 Å². The van der Waals surface area contributed by atoms with Crippen molar-refractivity contribution in [3.63, 3.8) is 0 Å². The molecule has 1 rings (SSSR count). The second kappa shape index (κ2) is 5.17. The van der Waals surface area contributed by atoms with E-state index in [1.807, 2.05) is 6.07 Å². The number of aryl methyl sites for hydroxylation is 1. The molecule has 15 heavy (non-hydrogen) atoms. The predicted octanol–water partition coefficient (Wildman–Crippen LogP) is 3.29. The van der Waals surface area contributed by atoms with Crippen LogP contribution in [0.25, 0.3) is 0 Å². The van der Waals surface area contributed by atoms with Crippen molar-refractivity contribution in [2.24, 2.45) is 0 Å². The molecule has 0 atom stereocenters. The van der Waals surface area contributed by atoms with Gasteiger partial charge in [-0.15, -0.1) is 0 Å². The minimum atomic E-state index is -2.54. The minimum Gasteiger partial charge on any atom is -0.256 e. The van der Waals surface area contributed by atoms with E-state index in [1.54, 1.807) is 6.92 Å². The zero-order valence-corrected chi connectivity index (χ0v) is 9.68. The summed E-state index contributed by atoms with van der Waals surface area (Å²) in [4.78, 5) is 4.05. The molecule has 5 heteroatoms. The van der Waals surface area contributed by atoms with E-state index in [-0.39, 0.29) is 12.0 Å². The smallest absolute Gasteiger partial charge is 0.256 e. The van der Waals surface area contributed by atoms with Crippen molar-refractivity contribution in [3.05, 3.63) is 28.6 Å². The molecular weight excluding hydrogens is 266 g/mol. The molecule has 0 aromatic carbocycles. The fourth-order valence-corrected chi connectivity index (χ4v) is 1.77. The lowest BCUT2D eigenvalue weighted by atomic mass is 10.1. The fourth-order valence-electron chi connectivity index (χ4n) is 1.29. The first kappa shape index (κ1) is 12.1. The Labute approximate surface area is 95.1 Å². The summed E-state index contributed by atoms with van der Waals surface area (Å²) >= 11 is 3.21. The zero-order valence-electron chi connectivity index (χ0n) is 8.10. The number of rotatable bonds is 3. The van der Waals surface area contributed by atoms with E-state index < -0.39 is 6.43 Å². The Morgan fingerprint density at radius 1 is 1.60 bits per heavy atom. The van der Waals surface area contributed by atoms with Crippen LogP contribution in [0.3, 0.4) is 0 Å². The van der Waals surface area contributed by atoms with Gasteiger partial charge in [-0.2, -0.15) is 5.26 Å². The highest BCUT2D eigenvalue weighted by Crippen LogP contribution is 2.24. The third-order valence-corrected chi connectivity index (χ3v) is 2.58. The lowest BCUT2D eigenvalue weighted by molar-refractivity contribution is 0.150. The van der Waals surface area contributed by atoms with Crippen LogP contribution in [0.5, 0.6) is 0 Å². The van der Waals surface area contributed by atoms with Crippen LogP contribution in [0.1, 0.15) is 28.9 Å². The molecule has 0 amide bonds. The second-order valence-corrected chi connectivity index (χ2v) is 3.60. The summed E-state index contributed by atoms with van der Waals surface area (Å²) in [5, 5.41) is 9.02. The fraction of sp³-hybridized carbons (Fsp3) is 0.400. The maximum atomic E-state index is 12.5. The van der Waals surface area contributed by atoms with Gasteiger partial charge in [0.15, 0.2) is 0 Å². The van der Waals surface area contributed by atoms with Crippen molar-refractivity contribution in [3.8, 4) is 6.07 Å². The number of halogens is 3. The number of aromatic nitrogens is 1. The number of hydrogen-bond donors (Lipinski definition) is 0. The van der Waals surface area contributed by atoms with E-state index in [9.17, 15) is 8.78 Å². The van der Waals surface area contributed by atoms with Crippen molar-refractivity contribution < 1.29 is 8.78 Å². The van der Waals surface area contributed by atoms with Gasteiger partial charge in [0.2, 0.25) is 0 Å². The Morgan fingerprint density at radius 2 is 2.27 bits per heavy atom. The molecule has 0 aliphatic rings. The Kier molecular flexibility index (Phi) is 4.15. The molecule has 0 spiro atoms. The van der Waals surface area contributed by atoms with Gasteiger partial charge in [0, 0.05) is 16.6 Å². The molecule has 0 aliphatic heterocycles. The topological polar surface area (TPSA) is 36.7 Å².